The van der Waals surface area contributed by atoms with Gasteiger partial charge in [0.2, 0.25) is 0 Å². The van der Waals surface area contributed by atoms with Crippen molar-refractivity contribution >= 4 is 5.78 Å². The van der Waals surface area contributed by atoms with E-state index < -0.39 is 0 Å². The van der Waals surface area contributed by atoms with E-state index in [9.17, 15) is 4.79 Å². The molecule has 0 aliphatic heterocycles. The first kappa shape index (κ1) is 13.6. The summed E-state index contributed by atoms with van der Waals surface area (Å²) in [6, 6.07) is 0. The Morgan fingerprint density at radius 2 is 1.93 bits per heavy atom. The van der Waals surface area contributed by atoms with Gasteiger partial charge in [-0.2, -0.15) is 0 Å². The van der Waals surface area contributed by atoms with Crippen molar-refractivity contribution in [2.75, 3.05) is 14.2 Å². The number of carbonyl (C=O) groups excluding carboxylic acids is 1. The Morgan fingerprint density at radius 1 is 1.36 bits per heavy atom. The molecule has 0 heterocycles. The highest BCUT2D eigenvalue weighted by Gasteiger charge is 2.18. The summed E-state index contributed by atoms with van der Waals surface area (Å²) >= 11 is 0. The Balaban J connectivity index is 3.74. The molecule has 0 aromatic heterocycles. The molecule has 0 N–H and O–H groups in total. The van der Waals surface area contributed by atoms with Crippen LogP contribution in [-0.2, 0) is 14.3 Å². The highest BCUT2D eigenvalue weighted by Crippen LogP contribution is 2.16. The van der Waals surface area contributed by atoms with Crippen LogP contribution in [0.5, 0.6) is 0 Å². The Hall–Kier alpha value is -0.410. The minimum absolute atomic E-state index is 0.0214. The van der Waals surface area contributed by atoms with Gasteiger partial charge in [0.1, 0.15) is 5.78 Å². The molecule has 0 fully saturated rings. The third-order valence-electron chi connectivity index (χ3n) is 2.48. The van der Waals surface area contributed by atoms with Crippen LogP contribution in [0.1, 0.15) is 40.0 Å². The molecule has 0 amide bonds. The maximum Gasteiger partial charge on any atom is 0.135 e. The van der Waals surface area contributed by atoms with Gasteiger partial charge in [0.25, 0.3) is 0 Å². The van der Waals surface area contributed by atoms with Gasteiger partial charge >= 0.3 is 0 Å². The smallest absolute Gasteiger partial charge is 0.135 e. The van der Waals surface area contributed by atoms with Gasteiger partial charge in [-0.25, -0.2) is 0 Å². The average molecular weight is 202 g/mol. The van der Waals surface area contributed by atoms with Crippen LogP contribution in [-0.4, -0.2) is 31.7 Å². The Bertz CT molecular complexity index is 175. The average Bonchev–Trinajstić information content (AvgIpc) is 2.15. The monoisotopic (exact) mass is 202 g/mol. The number of ether oxygens (including phenoxy) is 2. The number of hydrogen-bond donors (Lipinski definition) is 0. The first-order valence-electron chi connectivity index (χ1n) is 5.01. The molecule has 0 bridgehead atoms. The standard InChI is InChI=1S/C11H22O3/c1-9(13-4)8-10(12)6-7-11(2,3)14-5/h9H,6-8H2,1-5H3. The second kappa shape index (κ2) is 6.14. The van der Waals surface area contributed by atoms with E-state index in [2.05, 4.69) is 0 Å². The van der Waals surface area contributed by atoms with Crippen molar-refractivity contribution in [3.63, 3.8) is 0 Å². The van der Waals surface area contributed by atoms with Crippen molar-refractivity contribution in [3.8, 4) is 0 Å². The van der Waals surface area contributed by atoms with E-state index in [0.717, 1.165) is 6.42 Å². The first-order valence-corrected chi connectivity index (χ1v) is 5.01. The Labute approximate surface area is 86.8 Å². The fraction of sp³-hybridized carbons (Fsp3) is 0.909. The Morgan fingerprint density at radius 3 is 2.36 bits per heavy atom. The van der Waals surface area contributed by atoms with E-state index in [1.54, 1.807) is 14.2 Å². The maximum absolute atomic E-state index is 11.4. The zero-order valence-electron chi connectivity index (χ0n) is 9.92. The third-order valence-corrected chi connectivity index (χ3v) is 2.48. The normalized spacial score (nSPS) is 14.1. The lowest BCUT2D eigenvalue weighted by atomic mass is 9.99. The van der Waals surface area contributed by atoms with Gasteiger partial charge in [0.15, 0.2) is 0 Å². The Kier molecular flexibility index (Phi) is 5.96. The second-order valence-corrected chi connectivity index (χ2v) is 4.25. The zero-order valence-corrected chi connectivity index (χ0v) is 9.92. The molecule has 0 radical (unpaired) electrons. The minimum atomic E-state index is -0.202. The van der Waals surface area contributed by atoms with Crippen LogP contribution >= 0.6 is 0 Å². The van der Waals surface area contributed by atoms with Crippen LogP contribution in [0, 0.1) is 0 Å². The largest absolute Gasteiger partial charge is 0.381 e. The van der Waals surface area contributed by atoms with Gasteiger partial charge in [-0.3, -0.25) is 4.79 Å². The van der Waals surface area contributed by atoms with Crippen molar-refractivity contribution in [3.05, 3.63) is 0 Å². The van der Waals surface area contributed by atoms with Gasteiger partial charge in [0.05, 0.1) is 11.7 Å². The lowest BCUT2D eigenvalue weighted by Crippen LogP contribution is -2.24. The minimum Gasteiger partial charge on any atom is -0.381 e. The summed E-state index contributed by atoms with van der Waals surface area (Å²) < 4.78 is 10.3. The van der Waals surface area contributed by atoms with E-state index in [1.807, 2.05) is 20.8 Å². The van der Waals surface area contributed by atoms with E-state index in [-0.39, 0.29) is 17.5 Å². The van der Waals surface area contributed by atoms with E-state index >= 15 is 0 Å². The highest BCUT2D eigenvalue weighted by molar-refractivity contribution is 5.78. The molecule has 0 aromatic carbocycles. The number of methoxy groups -OCH3 is 2. The fourth-order valence-electron chi connectivity index (χ4n) is 1.05. The third kappa shape index (κ3) is 6.11. The molecule has 84 valence electrons. The number of carbonyl (C=O) groups is 1. The number of ketones is 1. The molecule has 3 heteroatoms. The highest BCUT2D eigenvalue weighted by atomic mass is 16.5. The summed E-state index contributed by atoms with van der Waals surface area (Å²) in [5.41, 5.74) is -0.202. The molecular formula is C11H22O3. The van der Waals surface area contributed by atoms with Crippen LogP contribution in [0.2, 0.25) is 0 Å². The number of rotatable bonds is 7. The lowest BCUT2D eigenvalue weighted by Gasteiger charge is -2.22. The SMILES string of the molecule is COC(C)CC(=O)CCC(C)(C)OC. The summed E-state index contributed by atoms with van der Waals surface area (Å²) in [7, 11) is 3.29. The van der Waals surface area contributed by atoms with Crippen LogP contribution in [0.15, 0.2) is 0 Å². The molecular weight excluding hydrogens is 180 g/mol. The van der Waals surface area contributed by atoms with E-state index in [1.165, 1.54) is 0 Å². The number of hydrogen-bond acceptors (Lipinski definition) is 3. The summed E-state index contributed by atoms with van der Waals surface area (Å²) in [5, 5.41) is 0. The molecule has 1 unspecified atom stereocenters. The van der Waals surface area contributed by atoms with Gasteiger partial charge in [-0.05, 0) is 27.2 Å². The van der Waals surface area contributed by atoms with Crippen molar-refractivity contribution < 1.29 is 14.3 Å². The van der Waals surface area contributed by atoms with Gasteiger partial charge in [0, 0.05) is 27.1 Å². The predicted octanol–water partition coefficient (Wildman–Crippen LogP) is 2.19. The topological polar surface area (TPSA) is 35.5 Å². The summed E-state index contributed by atoms with van der Waals surface area (Å²) in [5.74, 6) is 0.240. The fourth-order valence-corrected chi connectivity index (χ4v) is 1.05. The number of Topliss-reactive ketones (excluding diaryl/α,β-unsaturated/α-hetero) is 1. The first-order chi connectivity index (χ1) is 6.41. The van der Waals surface area contributed by atoms with Crippen molar-refractivity contribution in [2.45, 2.75) is 51.7 Å². The molecule has 0 saturated heterocycles. The summed E-state index contributed by atoms with van der Waals surface area (Å²) in [6.07, 6.45) is 1.84. The van der Waals surface area contributed by atoms with Crippen LogP contribution in [0.3, 0.4) is 0 Å². The van der Waals surface area contributed by atoms with Crippen LogP contribution in [0.4, 0.5) is 0 Å². The molecule has 14 heavy (non-hydrogen) atoms. The summed E-state index contributed by atoms with van der Waals surface area (Å²) in [4.78, 5) is 11.4. The van der Waals surface area contributed by atoms with Crippen molar-refractivity contribution in [1.82, 2.24) is 0 Å². The maximum atomic E-state index is 11.4. The molecule has 1 atom stereocenters. The molecule has 0 spiro atoms. The predicted molar refractivity (Wildman–Crippen MR) is 56.4 cm³/mol. The van der Waals surface area contributed by atoms with Crippen LogP contribution < -0.4 is 0 Å². The molecule has 0 aromatic rings. The molecule has 0 rings (SSSR count). The van der Waals surface area contributed by atoms with Crippen LogP contribution in [0.25, 0.3) is 0 Å². The van der Waals surface area contributed by atoms with Crippen molar-refractivity contribution in [1.29, 1.82) is 0 Å². The second-order valence-electron chi connectivity index (χ2n) is 4.25. The quantitative estimate of drug-likeness (QED) is 0.635. The van der Waals surface area contributed by atoms with E-state index in [4.69, 9.17) is 9.47 Å². The van der Waals surface area contributed by atoms with Gasteiger partial charge in [-0.15, -0.1) is 0 Å². The molecule has 3 nitrogen and oxygen atoms in total. The lowest BCUT2D eigenvalue weighted by molar-refractivity contribution is -0.122. The zero-order chi connectivity index (χ0) is 11.2. The summed E-state index contributed by atoms with van der Waals surface area (Å²) in [6.45, 7) is 5.87. The van der Waals surface area contributed by atoms with E-state index in [0.29, 0.717) is 12.8 Å². The van der Waals surface area contributed by atoms with Gasteiger partial charge in [-0.1, -0.05) is 0 Å². The molecule has 0 aliphatic carbocycles. The van der Waals surface area contributed by atoms with Gasteiger partial charge < -0.3 is 9.47 Å². The molecule has 0 saturated carbocycles. The van der Waals surface area contributed by atoms with Crippen molar-refractivity contribution in [2.24, 2.45) is 0 Å². The molecule has 0 aliphatic rings.